The van der Waals surface area contributed by atoms with Crippen LogP contribution in [0.4, 0.5) is 5.82 Å². The van der Waals surface area contributed by atoms with Crippen molar-refractivity contribution in [3.8, 4) is 0 Å². The number of aromatic nitrogens is 2. The summed E-state index contributed by atoms with van der Waals surface area (Å²) < 4.78 is 0. The summed E-state index contributed by atoms with van der Waals surface area (Å²) in [6.45, 7) is 2.16. The average molecular weight is 162 g/mol. The molecule has 0 unspecified atom stereocenters. The minimum absolute atomic E-state index is 1.01. The Morgan fingerprint density at radius 1 is 1.25 bits per heavy atom. The maximum absolute atomic E-state index is 4.06. The van der Waals surface area contributed by atoms with E-state index in [4.69, 9.17) is 0 Å². The molecule has 1 aliphatic heterocycles. The molecule has 63 valence electrons. The molecule has 1 saturated heterocycles. The highest BCUT2D eigenvalue weighted by molar-refractivity contribution is 5.36. The van der Waals surface area contributed by atoms with Crippen molar-refractivity contribution in [1.82, 2.24) is 10.2 Å². The second-order valence-electron chi connectivity index (χ2n) is 2.93. The van der Waals surface area contributed by atoms with Crippen LogP contribution < -0.4 is 4.90 Å². The Hall–Kier alpha value is -1.12. The molecular weight excluding hydrogens is 150 g/mol. The lowest BCUT2D eigenvalue weighted by molar-refractivity contribution is 0.666. The molecule has 0 aliphatic carbocycles. The van der Waals surface area contributed by atoms with Crippen molar-refractivity contribution in [3.05, 3.63) is 24.8 Å². The van der Waals surface area contributed by atoms with Crippen molar-refractivity contribution in [2.24, 2.45) is 0 Å². The average Bonchev–Trinajstić information content (AvgIpc) is 2.21. The van der Waals surface area contributed by atoms with Gasteiger partial charge in [0, 0.05) is 19.3 Å². The summed E-state index contributed by atoms with van der Waals surface area (Å²) >= 11 is 0. The molecule has 0 spiro atoms. The van der Waals surface area contributed by atoms with Gasteiger partial charge in [-0.15, -0.1) is 5.10 Å². The van der Waals surface area contributed by atoms with E-state index in [0.717, 1.165) is 31.7 Å². The Balaban J connectivity index is 2.08. The van der Waals surface area contributed by atoms with Crippen molar-refractivity contribution < 1.29 is 0 Å². The summed E-state index contributed by atoms with van der Waals surface area (Å²) in [7, 11) is 0. The molecule has 0 saturated carbocycles. The van der Waals surface area contributed by atoms with Crippen molar-refractivity contribution in [2.45, 2.75) is 12.8 Å². The molecule has 1 aromatic rings. The van der Waals surface area contributed by atoms with E-state index in [-0.39, 0.29) is 0 Å². The van der Waals surface area contributed by atoms with Gasteiger partial charge in [-0.05, 0) is 31.4 Å². The van der Waals surface area contributed by atoms with Gasteiger partial charge in [-0.3, -0.25) is 0 Å². The number of rotatable bonds is 1. The first kappa shape index (κ1) is 7.53. The van der Waals surface area contributed by atoms with E-state index in [1.54, 1.807) is 6.20 Å². The first-order chi connectivity index (χ1) is 5.97. The zero-order valence-electron chi connectivity index (χ0n) is 6.98. The van der Waals surface area contributed by atoms with E-state index in [2.05, 4.69) is 21.5 Å². The molecule has 1 aromatic heterocycles. The van der Waals surface area contributed by atoms with E-state index in [0.29, 0.717) is 0 Å². The largest absolute Gasteiger partial charge is 0.355 e. The third-order valence-corrected chi connectivity index (χ3v) is 2.09. The molecule has 0 atom stereocenters. The molecule has 2 heterocycles. The molecule has 3 nitrogen and oxygen atoms in total. The lowest BCUT2D eigenvalue weighted by atomic mass is 10.1. The van der Waals surface area contributed by atoms with Crippen LogP contribution in [0.25, 0.3) is 0 Å². The summed E-state index contributed by atoms with van der Waals surface area (Å²) in [6.07, 6.45) is 6.36. The van der Waals surface area contributed by atoms with Gasteiger partial charge in [-0.2, -0.15) is 5.10 Å². The topological polar surface area (TPSA) is 29.0 Å². The van der Waals surface area contributed by atoms with E-state index in [1.807, 2.05) is 12.1 Å². The Kier molecular flexibility index (Phi) is 2.21. The van der Waals surface area contributed by atoms with Gasteiger partial charge in [-0.25, -0.2) is 0 Å². The van der Waals surface area contributed by atoms with Crippen molar-refractivity contribution in [3.63, 3.8) is 0 Å². The van der Waals surface area contributed by atoms with Crippen LogP contribution in [0.3, 0.4) is 0 Å². The minimum atomic E-state index is 1.01. The maximum atomic E-state index is 4.06. The fourth-order valence-electron chi connectivity index (χ4n) is 1.44. The van der Waals surface area contributed by atoms with Crippen LogP contribution in [0.5, 0.6) is 0 Å². The van der Waals surface area contributed by atoms with Gasteiger partial charge >= 0.3 is 0 Å². The van der Waals surface area contributed by atoms with Crippen molar-refractivity contribution in [1.29, 1.82) is 0 Å². The van der Waals surface area contributed by atoms with E-state index in [1.165, 1.54) is 0 Å². The molecule has 0 N–H and O–H groups in total. The van der Waals surface area contributed by atoms with Crippen LogP contribution in [0.15, 0.2) is 18.3 Å². The first-order valence-electron chi connectivity index (χ1n) is 4.31. The normalized spacial score (nSPS) is 17.8. The SMILES string of the molecule is [CH]1CCN(c2cccnn2)CC1. The molecular formula is C9H12N3. The van der Waals surface area contributed by atoms with Gasteiger partial charge in [0.25, 0.3) is 0 Å². The lowest BCUT2D eigenvalue weighted by Gasteiger charge is -2.26. The van der Waals surface area contributed by atoms with E-state index in [9.17, 15) is 0 Å². The quantitative estimate of drug-likeness (QED) is 0.623. The number of nitrogens with zero attached hydrogens (tertiary/aromatic N) is 3. The summed E-state index contributed by atoms with van der Waals surface area (Å²) in [6, 6.07) is 3.94. The second-order valence-corrected chi connectivity index (χ2v) is 2.93. The molecule has 0 bridgehead atoms. The van der Waals surface area contributed by atoms with Crippen LogP contribution in [0.1, 0.15) is 12.8 Å². The summed E-state index contributed by atoms with van der Waals surface area (Å²) in [5.41, 5.74) is 0. The molecule has 1 radical (unpaired) electrons. The summed E-state index contributed by atoms with van der Waals surface area (Å²) in [5, 5.41) is 7.92. The Morgan fingerprint density at radius 2 is 2.08 bits per heavy atom. The maximum Gasteiger partial charge on any atom is 0.151 e. The van der Waals surface area contributed by atoms with Crippen LogP contribution in [0.2, 0.25) is 0 Å². The zero-order valence-corrected chi connectivity index (χ0v) is 6.98. The smallest absolute Gasteiger partial charge is 0.151 e. The van der Waals surface area contributed by atoms with Gasteiger partial charge in [0.2, 0.25) is 0 Å². The fraction of sp³-hybridized carbons (Fsp3) is 0.444. The molecule has 2 rings (SSSR count). The second kappa shape index (κ2) is 3.52. The van der Waals surface area contributed by atoms with Gasteiger partial charge in [0.15, 0.2) is 5.82 Å². The summed E-state index contributed by atoms with van der Waals surface area (Å²) in [5.74, 6) is 1.01. The van der Waals surface area contributed by atoms with Crippen LogP contribution in [-0.2, 0) is 0 Å². The zero-order chi connectivity index (χ0) is 8.23. The number of anilines is 1. The Morgan fingerprint density at radius 3 is 2.75 bits per heavy atom. The van der Waals surface area contributed by atoms with Gasteiger partial charge in [0.1, 0.15) is 0 Å². The third kappa shape index (κ3) is 1.55. The molecule has 1 fully saturated rings. The molecule has 3 heteroatoms. The number of hydrogen-bond donors (Lipinski definition) is 0. The van der Waals surface area contributed by atoms with Gasteiger partial charge in [0.05, 0.1) is 0 Å². The van der Waals surface area contributed by atoms with Gasteiger partial charge < -0.3 is 4.90 Å². The highest BCUT2D eigenvalue weighted by Crippen LogP contribution is 2.14. The van der Waals surface area contributed by atoms with Crippen molar-refractivity contribution in [2.75, 3.05) is 18.0 Å². The first-order valence-corrected chi connectivity index (χ1v) is 4.31. The molecule has 0 amide bonds. The number of hydrogen-bond acceptors (Lipinski definition) is 3. The van der Waals surface area contributed by atoms with E-state index < -0.39 is 0 Å². The Labute approximate surface area is 72.4 Å². The fourth-order valence-corrected chi connectivity index (χ4v) is 1.44. The Bertz CT molecular complexity index is 229. The standard InChI is InChI=1S/C9H12N3/c1-2-7-12(8-3-1)9-5-4-6-10-11-9/h1,4-6H,2-3,7-8H2. The molecule has 12 heavy (non-hydrogen) atoms. The lowest BCUT2D eigenvalue weighted by Crippen LogP contribution is -2.30. The molecule has 1 aliphatic rings. The highest BCUT2D eigenvalue weighted by atomic mass is 15.3. The predicted octanol–water partition coefficient (Wildman–Crippen LogP) is 1.28. The third-order valence-electron chi connectivity index (χ3n) is 2.09. The minimum Gasteiger partial charge on any atom is -0.355 e. The van der Waals surface area contributed by atoms with Crippen LogP contribution in [-0.4, -0.2) is 23.3 Å². The predicted molar refractivity (Wildman–Crippen MR) is 47.8 cm³/mol. The highest BCUT2D eigenvalue weighted by Gasteiger charge is 2.11. The van der Waals surface area contributed by atoms with Crippen LogP contribution in [0, 0.1) is 6.42 Å². The number of piperidine rings is 1. The monoisotopic (exact) mass is 162 g/mol. The van der Waals surface area contributed by atoms with Crippen molar-refractivity contribution >= 4 is 5.82 Å². The van der Waals surface area contributed by atoms with Gasteiger partial charge in [-0.1, -0.05) is 0 Å². The molecule has 0 aromatic carbocycles. The van der Waals surface area contributed by atoms with Crippen LogP contribution >= 0.6 is 0 Å². The van der Waals surface area contributed by atoms with E-state index >= 15 is 0 Å². The summed E-state index contributed by atoms with van der Waals surface area (Å²) in [4.78, 5) is 2.27.